The van der Waals surface area contributed by atoms with Crippen LogP contribution in [0.15, 0.2) is 40.9 Å². The Balaban J connectivity index is 2.30. The van der Waals surface area contributed by atoms with E-state index in [1.807, 2.05) is 24.3 Å². The van der Waals surface area contributed by atoms with Crippen molar-refractivity contribution >= 4 is 44.6 Å². The van der Waals surface area contributed by atoms with Crippen LogP contribution < -0.4 is 15.8 Å². The summed E-state index contributed by atoms with van der Waals surface area (Å²) in [5.41, 5.74) is 7.97. The van der Waals surface area contributed by atoms with E-state index in [1.165, 1.54) is 0 Å². The van der Waals surface area contributed by atoms with E-state index in [1.54, 1.807) is 19.2 Å². The number of nitrogens with two attached hydrogens (primary N) is 1. The number of anilines is 3. The van der Waals surface area contributed by atoms with Crippen LogP contribution in [0.3, 0.4) is 0 Å². The highest BCUT2D eigenvalue weighted by atomic mass is 79.9. The van der Waals surface area contributed by atoms with Gasteiger partial charge in [-0.15, -0.1) is 0 Å². The maximum absolute atomic E-state index is 6.11. The first-order valence-corrected chi connectivity index (χ1v) is 6.42. The quantitative estimate of drug-likeness (QED) is 0.819. The first-order valence-electron chi connectivity index (χ1n) is 5.25. The molecule has 0 unspecified atom stereocenters. The molecule has 5 heteroatoms. The molecule has 0 atom stereocenters. The Morgan fingerprint density at radius 1 is 1.22 bits per heavy atom. The molecule has 2 rings (SSSR count). The van der Waals surface area contributed by atoms with Gasteiger partial charge in [0, 0.05) is 21.9 Å². The largest absolute Gasteiger partial charge is 0.497 e. The number of hydrogen-bond acceptors (Lipinski definition) is 3. The van der Waals surface area contributed by atoms with Gasteiger partial charge in [0.15, 0.2) is 0 Å². The van der Waals surface area contributed by atoms with Crippen LogP contribution in [-0.2, 0) is 0 Å². The lowest BCUT2D eigenvalue weighted by Gasteiger charge is -2.11. The zero-order valence-corrected chi connectivity index (χ0v) is 12.0. The summed E-state index contributed by atoms with van der Waals surface area (Å²) in [6.07, 6.45) is 0. The topological polar surface area (TPSA) is 47.3 Å². The third-order valence-corrected chi connectivity index (χ3v) is 3.15. The molecule has 0 radical (unpaired) electrons. The van der Waals surface area contributed by atoms with Gasteiger partial charge in [-0.25, -0.2) is 0 Å². The lowest BCUT2D eigenvalue weighted by Crippen LogP contribution is -1.94. The van der Waals surface area contributed by atoms with Gasteiger partial charge >= 0.3 is 0 Å². The van der Waals surface area contributed by atoms with E-state index in [2.05, 4.69) is 21.2 Å². The van der Waals surface area contributed by atoms with Crippen LogP contribution >= 0.6 is 27.5 Å². The van der Waals surface area contributed by atoms with Crippen molar-refractivity contribution in [3.63, 3.8) is 0 Å². The van der Waals surface area contributed by atoms with E-state index in [-0.39, 0.29) is 0 Å². The van der Waals surface area contributed by atoms with E-state index in [9.17, 15) is 0 Å². The molecule has 18 heavy (non-hydrogen) atoms. The molecule has 94 valence electrons. The van der Waals surface area contributed by atoms with E-state index in [0.29, 0.717) is 10.7 Å². The van der Waals surface area contributed by atoms with Gasteiger partial charge < -0.3 is 15.8 Å². The molecule has 2 aromatic rings. The third-order valence-electron chi connectivity index (χ3n) is 2.38. The van der Waals surface area contributed by atoms with Gasteiger partial charge in [-0.2, -0.15) is 0 Å². The Labute approximate surface area is 119 Å². The van der Waals surface area contributed by atoms with Gasteiger partial charge in [0.1, 0.15) is 5.75 Å². The first-order chi connectivity index (χ1) is 8.58. The number of nitrogen functional groups attached to an aromatic ring is 1. The summed E-state index contributed by atoms with van der Waals surface area (Å²) in [6, 6.07) is 11.1. The second-order valence-electron chi connectivity index (χ2n) is 3.74. The maximum Gasteiger partial charge on any atom is 0.122 e. The second-order valence-corrected chi connectivity index (χ2v) is 5.07. The summed E-state index contributed by atoms with van der Waals surface area (Å²) in [7, 11) is 1.63. The van der Waals surface area contributed by atoms with Gasteiger partial charge in [-0.1, -0.05) is 27.5 Å². The van der Waals surface area contributed by atoms with Crippen LogP contribution in [0.25, 0.3) is 0 Å². The van der Waals surface area contributed by atoms with Crippen molar-refractivity contribution in [2.45, 2.75) is 0 Å². The first kappa shape index (κ1) is 13.1. The predicted molar refractivity (Wildman–Crippen MR) is 79.8 cm³/mol. The zero-order chi connectivity index (χ0) is 13.1. The summed E-state index contributed by atoms with van der Waals surface area (Å²) < 4.78 is 6.13. The second kappa shape index (κ2) is 5.50. The van der Waals surface area contributed by atoms with Crippen LogP contribution in [0.4, 0.5) is 17.1 Å². The summed E-state index contributed by atoms with van der Waals surface area (Å²) in [5.74, 6) is 0.762. The highest BCUT2D eigenvalue weighted by Gasteiger charge is 2.04. The number of methoxy groups -OCH3 is 1. The molecule has 0 heterocycles. The Kier molecular flexibility index (Phi) is 3.99. The van der Waals surface area contributed by atoms with Crippen LogP contribution in [-0.4, -0.2) is 7.11 Å². The molecule has 0 aliphatic heterocycles. The van der Waals surface area contributed by atoms with Crippen molar-refractivity contribution in [2.24, 2.45) is 0 Å². The molecule has 0 spiro atoms. The third kappa shape index (κ3) is 3.09. The minimum absolute atomic E-state index is 0.578. The number of hydrogen-bond donors (Lipinski definition) is 2. The fourth-order valence-electron chi connectivity index (χ4n) is 1.54. The van der Waals surface area contributed by atoms with Crippen molar-refractivity contribution in [3.05, 3.63) is 45.9 Å². The summed E-state index contributed by atoms with van der Waals surface area (Å²) in [6.45, 7) is 0. The molecule has 3 nitrogen and oxygen atoms in total. The Bertz CT molecular complexity index is 575. The van der Waals surface area contributed by atoms with Crippen LogP contribution in [0.5, 0.6) is 5.75 Å². The van der Waals surface area contributed by atoms with Crippen molar-refractivity contribution in [2.75, 3.05) is 18.2 Å². The highest BCUT2D eigenvalue weighted by Crippen LogP contribution is 2.30. The molecule has 0 aromatic heterocycles. The van der Waals surface area contributed by atoms with Gasteiger partial charge in [-0.05, 0) is 30.3 Å². The number of ether oxygens (including phenoxy) is 1. The molecule has 0 aliphatic carbocycles. The number of rotatable bonds is 3. The Hall–Kier alpha value is -1.39. The van der Waals surface area contributed by atoms with Crippen LogP contribution in [0.1, 0.15) is 0 Å². The van der Waals surface area contributed by atoms with Gasteiger partial charge in [0.25, 0.3) is 0 Å². The Morgan fingerprint density at radius 2 is 2.00 bits per heavy atom. The van der Waals surface area contributed by atoms with Crippen molar-refractivity contribution < 1.29 is 4.74 Å². The molecular formula is C13H12BrClN2O. The average Bonchev–Trinajstić information content (AvgIpc) is 2.32. The molecule has 0 saturated carbocycles. The summed E-state index contributed by atoms with van der Waals surface area (Å²) >= 11 is 9.53. The number of halogens is 2. The minimum Gasteiger partial charge on any atom is -0.497 e. The zero-order valence-electron chi connectivity index (χ0n) is 9.71. The molecular weight excluding hydrogens is 316 g/mol. The smallest absolute Gasteiger partial charge is 0.122 e. The maximum atomic E-state index is 6.11. The van der Waals surface area contributed by atoms with E-state index in [4.69, 9.17) is 22.1 Å². The Morgan fingerprint density at radius 3 is 2.67 bits per heavy atom. The van der Waals surface area contributed by atoms with Crippen LogP contribution in [0.2, 0.25) is 5.02 Å². The van der Waals surface area contributed by atoms with E-state index < -0.39 is 0 Å². The van der Waals surface area contributed by atoms with Gasteiger partial charge in [0.2, 0.25) is 0 Å². The molecule has 3 N–H and O–H groups in total. The van der Waals surface area contributed by atoms with E-state index >= 15 is 0 Å². The summed E-state index contributed by atoms with van der Waals surface area (Å²) in [5, 5.41) is 3.80. The average molecular weight is 328 g/mol. The molecule has 0 saturated heterocycles. The van der Waals surface area contributed by atoms with Crippen molar-refractivity contribution in [1.82, 2.24) is 0 Å². The SMILES string of the molecule is COc1cc(Br)cc(Nc2ccc(N)cc2Cl)c1. The fourth-order valence-corrected chi connectivity index (χ4v) is 2.25. The number of benzene rings is 2. The van der Waals surface area contributed by atoms with Gasteiger partial charge in [-0.3, -0.25) is 0 Å². The number of nitrogens with one attached hydrogen (secondary N) is 1. The molecule has 0 aliphatic rings. The monoisotopic (exact) mass is 326 g/mol. The lowest BCUT2D eigenvalue weighted by molar-refractivity contribution is 0.415. The van der Waals surface area contributed by atoms with Crippen molar-refractivity contribution in [1.29, 1.82) is 0 Å². The van der Waals surface area contributed by atoms with Gasteiger partial charge in [0.05, 0.1) is 17.8 Å². The van der Waals surface area contributed by atoms with E-state index in [0.717, 1.165) is 21.6 Å². The summed E-state index contributed by atoms with van der Waals surface area (Å²) in [4.78, 5) is 0. The molecule has 0 bridgehead atoms. The fraction of sp³-hybridized carbons (Fsp3) is 0.0769. The normalized spacial score (nSPS) is 10.2. The highest BCUT2D eigenvalue weighted by molar-refractivity contribution is 9.10. The molecule has 0 fully saturated rings. The lowest BCUT2D eigenvalue weighted by atomic mass is 10.2. The van der Waals surface area contributed by atoms with Crippen molar-refractivity contribution in [3.8, 4) is 5.75 Å². The van der Waals surface area contributed by atoms with Crippen LogP contribution in [0, 0.1) is 0 Å². The molecule has 2 aromatic carbocycles. The predicted octanol–water partition coefficient (Wildman–Crippen LogP) is 4.44. The standard InChI is InChI=1S/C13H12BrClN2O/c1-18-11-5-8(14)4-10(7-11)17-13-3-2-9(16)6-12(13)15/h2-7,17H,16H2,1H3. The molecule has 0 amide bonds. The minimum atomic E-state index is 0.578.